The summed E-state index contributed by atoms with van der Waals surface area (Å²) < 4.78 is 11.9. The second kappa shape index (κ2) is 4.30. The minimum atomic E-state index is -0.710. The molecule has 0 spiro atoms. The molecule has 1 saturated carbocycles. The van der Waals surface area contributed by atoms with E-state index >= 15 is 0 Å². The first kappa shape index (κ1) is 13.1. The Balaban J connectivity index is 1.90. The van der Waals surface area contributed by atoms with Gasteiger partial charge in [0.05, 0.1) is 12.1 Å². The summed E-state index contributed by atoms with van der Waals surface area (Å²) in [6.45, 7) is 5.18. The van der Waals surface area contributed by atoms with Gasteiger partial charge in [0.2, 0.25) is 5.91 Å². The van der Waals surface area contributed by atoms with Gasteiger partial charge in [-0.1, -0.05) is 6.08 Å². The van der Waals surface area contributed by atoms with Crippen molar-refractivity contribution in [3.63, 3.8) is 0 Å². The van der Waals surface area contributed by atoms with Crippen LogP contribution in [-0.2, 0) is 14.3 Å². The topological polar surface area (TPSA) is 67.8 Å². The molecule has 1 heterocycles. The van der Waals surface area contributed by atoms with E-state index in [-0.39, 0.29) is 18.1 Å². The van der Waals surface area contributed by atoms with E-state index < -0.39 is 17.9 Å². The van der Waals surface area contributed by atoms with Crippen LogP contribution in [0.25, 0.3) is 0 Å². The average molecular weight is 267 g/mol. The first-order valence-electron chi connectivity index (χ1n) is 6.90. The van der Waals surface area contributed by atoms with Crippen LogP contribution < -0.4 is 5.32 Å². The SMILES string of the molecule is CC(=O)N[C@H]1[C@@H]2OC(C)(C)O[C@@H]2C(C2CC2)=C[C@H]1O. The fourth-order valence-corrected chi connectivity index (χ4v) is 3.09. The van der Waals surface area contributed by atoms with Crippen LogP contribution in [0.1, 0.15) is 33.6 Å². The molecule has 1 amide bonds. The zero-order valence-electron chi connectivity index (χ0n) is 11.6. The van der Waals surface area contributed by atoms with Crippen LogP contribution in [0, 0.1) is 5.92 Å². The van der Waals surface area contributed by atoms with Gasteiger partial charge in [-0.3, -0.25) is 4.79 Å². The van der Waals surface area contributed by atoms with Gasteiger partial charge in [-0.2, -0.15) is 0 Å². The maximum atomic E-state index is 11.3. The number of aliphatic hydroxyl groups excluding tert-OH is 1. The highest BCUT2D eigenvalue weighted by atomic mass is 16.8. The van der Waals surface area contributed by atoms with Gasteiger partial charge in [-0.25, -0.2) is 0 Å². The smallest absolute Gasteiger partial charge is 0.217 e. The Morgan fingerprint density at radius 2 is 2.11 bits per heavy atom. The van der Waals surface area contributed by atoms with Gasteiger partial charge in [-0.05, 0) is 38.2 Å². The number of nitrogens with one attached hydrogen (secondary N) is 1. The molecular formula is C14H21NO4. The molecule has 1 saturated heterocycles. The van der Waals surface area contributed by atoms with Crippen molar-refractivity contribution < 1.29 is 19.4 Å². The Morgan fingerprint density at radius 3 is 2.68 bits per heavy atom. The summed E-state index contributed by atoms with van der Waals surface area (Å²) in [4.78, 5) is 11.3. The molecule has 5 nitrogen and oxygen atoms in total. The second-order valence-electron chi connectivity index (χ2n) is 6.18. The van der Waals surface area contributed by atoms with Gasteiger partial charge in [0.1, 0.15) is 12.2 Å². The molecule has 1 aliphatic heterocycles. The minimum Gasteiger partial charge on any atom is -0.387 e. The number of rotatable bonds is 2. The summed E-state index contributed by atoms with van der Waals surface area (Å²) in [5.41, 5.74) is 1.14. The van der Waals surface area contributed by atoms with E-state index in [1.807, 2.05) is 19.9 Å². The molecule has 0 unspecified atom stereocenters. The summed E-state index contributed by atoms with van der Waals surface area (Å²) in [5, 5.41) is 13.0. The third-order valence-electron chi connectivity index (χ3n) is 3.96. The quantitative estimate of drug-likeness (QED) is 0.724. The first-order chi connectivity index (χ1) is 8.87. The summed E-state index contributed by atoms with van der Waals surface area (Å²) >= 11 is 0. The van der Waals surface area contributed by atoms with Gasteiger partial charge < -0.3 is 19.9 Å². The molecule has 106 valence electrons. The lowest BCUT2D eigenvalue weighted by Crippen LogP contribution is -2.56. The van der Waals surface area contributed by atoms with Gasteiger partial charge in [0, 0.05) is 6.92 Å². The molecule has 0 aromatic rings. The van der Waals surface area contributed by atoms with E-state index in [0.29, 0.717) is 5.92 Å². The third kappa shape index (κ3) is 2.42. The lowest BCUT2D eigenvalue weighted by atomic mass is 9.85. The first-order valence-corrected chi connectivity index (χ1v) is 6.90. The lowest BCUT2D eigenvalue weighted by molar-refractivity contribution is -0.149. The van der Waals surface area contributed by atoms with Crippen LogP contribution in [-0.4, -0.2) is 41.2 Å². The molecule has 4 atom stereocenters. The largest absolute Gasteiger partial charge is 0.387 e. The maximum Gasteiger partial charge on any atom is 0.217 e. The van der Waals surface area contributed by atoms with Crippen LogP contribution in [0.3, 0.4) is 0 Å². The van der Waals surface area contributed by atoms with Crippen molar-refractivity contribution in [3.8, 4) is 0 Å². The Labute approximate surface area is 113 Å². The van der Waals surface area contributed by atoms with Crippen LogP contribution in [0.15, 0.2) is 11.6 Å². The van der Waals surface area contributed by atoms with E-state index in [1.54, 1.807) is 0 Å². The normalized spacial score (nSPS) is 40.5. The second-order valence-corrected chi connectivity index (χ2v) is 6.18. The Hall–Kier alpha value is -0.910. The molecule has 2 fully saturated rings. The fraction of sp³-hybridized carbons (Fsp3) is 0.786. The number of hydrogen-bond acceptors (Lipinski definition) is 4. The van der Waals surface area contributed by atoms with Crippen molar-refractivity contribution in [3.05, 3.63) is 11.6 Å². The van der Waals surface area contributed by atoms with Gasteiger partial charge in [0.25, 0.3) is 0 Å². The van der Waals surface area contributed by atoms with Crippen LogP contribution in [0.5, 0.6) is 0 Å². The predicted molar refractivity (Wildman–Crippen MR) is 68.2 cm³/mol. The van der Waals surface area contributed by atoms with Crippen molar-refractivity contribution >= 4 is 5.91 Å². The number of amides is 1. The molecular weight excluding hydrogens is 246 g/mol. The molecule has 0 aromatic heterocycles. The molecule has 3 rings (SSSR count). The minimum absolute atomic E-state index is 0.150. The highest BCUT2D eigenvalue weighted by Crippen LogP contribution is 2.46. The van der Waals surface area contributed by atoms with Crippen molar-refractivity contribution in [1.82, 2.24) is 5.32 Å². The Morgan fingerprint density at radius 1 is 1.42 bits per heavy atom. The van der Waals surface area contributed by atoms with E-state index in [0.717, 1.165) is 18.4 Å². The average Bonchev–Trinajstić information content (AvgIpc) is 3.05. The highest BCUT2D eigenvalue weighted by Gasteiger charge is 2.53. The van der Waals surface area contributed by atoms with Crippen molar-refractivity contribution in [2.45, 2.75) is 63.8 Å². The molecule has 0 radical (unpaired) electrons. The molecule has 3 aliphatic rings. The molecule has 0 bridgehead atoms. The lowest BCUT2D eigenvalue weighted by Gasteiger charge is -2.35. The number of aliphatic hydroxyl groups is 1. The zero-order valence-corrected chi connectivity index (χ0v) is 11.6. The van der Waals surface area contributed by atoms with E-state index in [4.69, 9.17) is 9.47 Å². The third-order valence-corrected chi connectivity index (χ3v) is 3.96. The van der Waals surface area contributed by atoms with Gasteiger partial charge >= 0.3 is 0 Å². The number of hydrogen-bond donors (Lipinski definition) is 2. The molecule has 0 aromatic carbocycles. The highest BCUT2D eigenvalue weighted by molar-refractivity contribution is 5.73. The van der Waals surface area contributed by atoms with Crippen LogP contribution in [0.2, 0.25) is 0 Å². The number of carbonyl (C=O) groups excluding carboxylic acids is 1. The van der Waals surface area contributed by atoms with E-state index in [1.165, 1.54) is 6.92 Å². The van der Waals surface area contributed by atoms with Crippen molar-refractivity contribution in [2.24, 2.45) is 5.92 Å². The van der Waals surface area contributed by atoms with Crippen molar-refractivity contribution in [2.75, 3.05) is 0 Å². The van der Waals surface area contributed by atoms with Gasteiger partial charge in [-0.15, -0.1) is 0 Å². The predicted octanol–water partition coefficient (Wildman–Crippen LogP) is 0.722. The number of carbonyl (C=O) groups is 1. The van der Waals surface area contributed by atoms with Gasteiger partial charge in [0.15, 0.2) is 5.79 Å². The molecule has 2 N–H and O–H groups in total. The monoisotopic (exact) mass is 267 g/mol. The summed E-state index contributed by atoms with van der Waals surface area (Å²) in [5.74, 6) is -0.332. The van der Waals surface area contributed by atoms with E-state index in [9.17, 15) is 9.90 Å². The van der Waals surface area contributed by atoms with Crippen LogP contribution >= 0.6 is 0 Å². The summed E-state index contributed by atoms with van der Waals surface area (Å²) in [6, 6.07) is -0.438. The summed E-state index contributed by atoms with van der Waals surface area (Å²) in [6.07, 6.45) is 2.98. The molecule has 2 aliphatic carbocycles. The fourth-order valence-electron chi connectivity index (χ4n) is 3.09. The Bertz CT molecular complexity index is 427. The van der Waals surface area contributed by atoms with Crippen molar-refractivity contribution in [1.29, 1.82) is 0 Å². The maximum absolute atomic E-state index is 11.3. The Kier molecular flexibility index (Phi) is 2.96. The van der Waals surface area contributed by atoms with E-state index in [2.05, 4.69) is 5.32 Å². The number of ether oxygens (including phenoxy) is 2. The molecule has 5 heteroatoms. The standard InChI is InChI=1S/C14H21NO4/c1-7(16)15-11-10(17)6-9(8-4-5-8)12-13(11)19-14(2,3)18-12/h6,8,10-13,17H,4-5H2,1-3H3,(H,15,16)/t10-,11-,12-,13+/m1/s1. The number of fused-ring (bicyclic) bond motifs is 1. The molecule has 19 heavy (non-hydrogen) atoms. The zero-order chi connectivity index (χ0) is 13.8. The van der Waals surface area contributed by atoms with Crippen LogP contribution in [0.4, 0.5) is 0 Å². The summed E-state index contributed by atoms with van der Waals surface area (Å²) in [7, 11) is 0.